The normalized spacial score (nSPS) is 20.5. The zero-order valence-electron chi connectivity index (χ0n) is 20.0. The maximum Gasteiger partial charge on any atom is 0.422 e. The number of rotatable bonds is 11. The number of ether oxygens (including phenoxy) is 2. The number of carboxylic acids is 1. The summed E-state index contributed by atoms with van der Waals surface area (Å²) in [4.78, 5) is 23.5. The van der Waals surface area contributed by atoms with Crippen LogP contribution in [0.25, 0.3) is 0 Å². The van der Waals surface area contributed by atoms with Crippen molar-refractivity contribution in [2.75, 3.05) is 20.3 Å². The van der Waals surface area contributed by atoms with Crippen molar-refractivity contribution < 1.29 is 45.7 Å². The van der Waals surface area contributed by atoms with Crippen molar-refractivity contribution in [1.29, 1.82) is 0 Å². The summed E-state index contributed by atoms with van der Waals surface area (Å²) in [6.07, 6.45) is -9.45. The van der Waals surface area contributed by atoms with Crippen LogP contribution in [-0.4, -0.2) is 47.4 Å². The standard InChI is InChI=1S/C24H26F6N2O5/c1-3-15-19(20(15)17(23(25,26)27)12-37-9-8-18(33)34)16-10-31-32(22(35)21(16)24(28,29)30)11-13-4-6-14(36-2)7-5-13/h4-7,10,15,17,19-20H,3,8-9,11-12H2,1-2H3,(H,33,34)/t15?,17-,19?,20?/m1/s1. The Morgan fingerprint density at radius 1 is 1.16 bits per heavy atom. The van der Waals surface area contributed by atoms with Gasteiger partial charge in [0.1, 0.15) is 11.3 Å². The second-order valence-electron chi connectivity index (χ2n) is 8.83. The fourth-order valence-electron chi connectivity index (χ4n) is 4.76. The third-order valence-electron chi connectivity index (χ3n) is 6.55. The van der Waals surface area contributed by atoms with Gasteiger partial charge in [-0.15, -0.1) is 0 Å². The third kappa shape index (κ3) is 6.62. The van der Waals surface area contributed by atoms with Crippen molar-refractivity contribution in [1.82, 2.24) is 9.78 Å². The molecule has 1 aromatic heterocycles. The number of alkyl halides is 6. The molecule has 2 aromatic rings. The van der Waals surface area contributed by atoms with Gasteiger partial charge in [-0.1, -0.05) is 25.5 Å². The number of hydrogen-bond acceptors (Lipinski definition) is 5. The Labute approximate surface area is 208 Å². The van der Waals surface area contributed by atoms with Crippen LogP contribution < -0.4 is 10.3 Å². The van der Waals surface area contributed by atoms with Crippen molar-refractivity contribution in [2.45, 2.75) is 44.6 Å². The molecule has 0 radical (unpaired) electrons. The lowest BCUT2D eigenvalue weighted by Gasteiger charge is -2.21. The van der Waals surface area contributed by atoms with Crippen LogP contribution in [-0.2, 0) is 22.3 Å². The van der Waals surface area contributed by atoms with Crippen molar-refractivity contribution >= 4 is 5.97 Å². The molecular formula is C24H26F6N2O5. The number of benzene rings is 1. The molecule has 1 saturated carbocycles. The third-order valence-corrected chi connectivity index (χ3v) is 6.55. The highest BCUT2D eigenvalue weighted by molar-refractivity contribution is 5.66. The zero-order valence-corrected chi connectivity index (χ0v) is 20.0. The van der Waals surface area contributed by atoms with Gasteiger partial charge in [-0.2, -0.15) is 31.4 Å². The van der Waals surface area contributed by atoms with E-state index < -0.39 is 78.3 Å². The lowest BCUT2D eigenvalue weighted by molar-refractivity contribution is -0.196. The molecular weight excluding hydrogens is 510 g/mol. The lowest BCUT2D eigenvalue weighted by Crippen LogP contribution is -2.33. The van der Waals surface area contributed by atoms with E-state index in [0.29, 0.717) is 16.0 Å². The molecule has 1 aliphatic carbocycles. The summed E-state index contributed by atoms with van der Waals surface area (Å²) in [6.45, 7) is -0.0767. The van der Waals surface area contributed by atoms with E-state index in [1.165, 1.54) is 7.11 Å². The van der Waals surface area contributed by atoms with E-state index in [4.69, 9.17) is 14.6 Å². The van der Waals surface area contributed by atoms with Gasteiger partial charge in [-0.05, 0) is 41.0 Å². The highest BCUT2D eigenvalue weighted by Gasteiger charge is 2.62. The smallest absolute Gasteiger partial charge is 0.422 e. The average molecular weight is 536 g/mol. The molecule has 1 N–H and O–H groups in total. The second kappa shape index (κ2) is 11.1. The number of carbonyl (C=O) groups is 1. The highest BCUT2D eigenvalue weighted by Crippen LogP contribution is 2.63. The molecule has 1 aliphatic rings. The molecule has 1 aromatic carbocycles. The molecule has 4 atom stereocenters. The van der Waals surface area contributed by atoms with Crippen LogP contribution in [0.5, 0.6) is 5.75 Å². The summed E-state index contributed by atoms with van der Waals surface area (Å²) < 4.78 is 94.4. The number of nitrogens with zero attached hydrogens (tertiary/aromatic N) is 2. The van der Waals surface area contributed by atoms with Crippen molar-refractivity contribution in [3.05, 3.63) is 57.5 Å². The number of halogens is 6. The van der Waals surface area contributed by atoms with Crippen LogP contribution in [0.2, 0.25) is 0 Å². The second-order valence-corrected chi connectivity index (χ2v) is 8.83. The summed E-state index contributed by atoms with van der Waals surface area (Å²) in [5.74, 6) is -6.13. The Balaban J connectivity index is 1.94. The summed E-state index contributed by atoms with van der Waals surface area (Å²) in [7, 11) is 1.44. The van der Waals surface area contributed by atoms with Crippen LogP contribution in [0.3, 0.4) is 0 Å². The van der Waals surface area contributed by atoms with Crippen LogP contribution in [0.1, 0.15) is 42.4 Å². The van der Waals surface area contributed by atoms with Gasteiger partial charge >= 0.3 is 18.3 Å². The Bertz CT molecular complexity index is 1150. The van der Waals surface area contributed by atoms with Crippen molar-refractivity contribution in [3.8, 4) is 5.75 Å². The van der Waals surface area contributed by atoms with Crippen LogP contribution >= 0.6 is 0 Å². The van der Waals surface area contributed by atoms with E-state index in [-0.39, 0.29) is 13.0 Å². The quantitative estimate of drug-likeness (QED) is 0.330. The fourth-order valence-corrected chi connectivity index (χ4v) is 4.76. The van der Waals surface area contributed by atoms with Gasteiger partial charge in [0.25, 0.3) is 5.56 Å². The maximum atomic E-state index is 14.1. The summed E-state index contributed by atoms with van der Waals surface area (Å²) in [6, 6.07) is 6.23. The largest absolute Gasteiger partial charge is 0.497 e. The van der Waals surface area contributed by atoms with E-state index in [0.717, 1.165) is 6.20 Å². The van der Waals surface area contributed by atoms with Crippen LogP contribution in [0.4, 0.5) is 26.3 Å². The van der Waals surface area contributed by atoms with Gasteiger partial charge in [0.05, 0.1) is 45.4 Å². The molecule has 3 unspecified atom stereocenters. The monoisotopic (exact) mass is 536 g/mol. The fraction of sp³-hybridized carbons (Fsp3) is 0.542. The molecule has 0 spiro atoms. The Hall–Kier alpha value is -3.09. The first kappa shape index (κ1) is 28.5. The Morgan fingerprint density at radius 2 is 1.81 bits per heavy atom. The van der Waals surface area contributed by atoms with Crippen molar-refractivity contribution in [3.63, 3.8) is 0 Å². The minimum Gasteiger partial charge on any atom is -0.497 e. The van der Waals surface area contributed by atoms with E-state index >= 15 is 0 Å². The molecule has 204 valence electrons. The topological polar surface area (TPSA) is 90.7 Å². The predicted molar refractivity (Wildman–Crippen MR) is 118 cm³/mol. The number of aliphatic carboxylic acids is 1. The van der Waals surface area contributed by atoms with E-state index in [1.54, 1.807) is 31.2 Å². The molecule has 7 nitrogen and oxygen atoms in total. The minimum absolute atomic E-state index is 0.142. The molecule has 13 heteroatoms. The van der Waals surface area contributed by atoms with Gasteiger partial charge < -0.3 is 14.6 Å². The number of aromatic nitrogens is 2. The number of methoxy groups -OCH3 is 1. The van der Waals surface area contributed by atoms with Gasteiger partial charge in [-0.3, -0.25) is 9.59 Å². The predicted octanol–water partition coefficient (Wildman–Crippen LogP) is 4.73. The zero-order chi connectivity index (χ0) is 27.5. The number of carboxylic acid groups (broad SMARTS) is 1. The molecule has 1 heterocycles. The molecule has 37 heavy (non-hydrogen) atoms. The first-order valence-electron chi connectivity index (χ1n) is 11.5. The van der Waals surface area contributed by atoms with Gasteiger partial charge in [0.15, 0.2) is 0 Å². The van der Waals surface area contributed by atoms with E-state index in [1.807, 2.05) is 0 Å². The van der Waals surface area contributed by atoms with Crippen molar-refractivity contribution in [2.24, 2.45) is 17.8 Å². The average Bonchev–Trinajstić information content (AvgIpc) is 3.52. The van der Waals surface area contributed by atoms with Crippen LogP contribution in [0, 0.1) is 17.8 Å². The summed E-state index contributed by atoms with van der Waals surface area (Å²) in [5, 5.41) is 12.5. The summed E-state index contributed by atoms with van der Waals surface area (Å²) in [5.41, 5.74) is -3.07. The molecule has 3 rings (SSSR count). The molecule has 0 amide bonds. The summed E-state index contributed by atoms with van der Waals surface area (Å²) >= 11 is 0. The van der Waals surface area contributed by atoms with Gasteiger partial charge in [-0.25, -0.2) is 4.68 Å². The molecule has 1 fully saturated rings. The highest BCUT2D eigenvalue weighted by atomic mass is 19.4. The minimum atomic E-state index is -5.12. The van der Waals surface area contributed by atoms with Crippen LogP contribution in [0.15, 0.2) is 35.3 Å². The molecule has 0 bridgehead atoms. The molecule has 0 aliphatic heterocycles. The van der Waals surface area contributed by atoms with Gasteiger partial charge in [0.2, 0.25) is 0 Å². The molecule has 0 saturated heterocycles. The van der Waals surface area contributed by atoms with E-state index in [9.17, 15) is 35.9 Å². The lowest BCUT2D eigenvalue weighted by atomic mass is 9.97. The first-order valence-corrected chi connectivity index (χ1v) is 11.5. The Kier molecular flexibility index (Phi) is 8.56. The SMILES string of the molecule is CCC1C(c2cnn(Cc3ccc(OC)cc3)c(=O)c2C(F)(F)F)C1[C@@H](COCCC(=O)O)C(F)(F)F. The number of hydrogen-bond donors (Lipinski definition) is 1. The maximum absolute atomic E-state index is 14.1. The Morgan fingerprint density at radius 3 is 2.32 bits per heavy atom. The van der Waals surface area contributed by atoms with Gasteiger partial charge in [0, 0.05) is 0 Å². The first-order chi connectivity index (χ1) is 17.3. The van der Waals surface area contributed by atoms with E-state index in [2.05, 4.69) is 5.10 Å².